The molecule has 0 aromatic heterocycles. The van der Waals surface area contributed by atoms with Gasteiger partial charge in [0.25, 0.3) is 0 Å². The lowest BCUT2D eigenvalue weighted by Crippen LogP contribution is -2.14. The van der Waals surface area contributed by atoms with Gasteiger partial charge in [0.05, 0.1) is 12.7 Å². The number of benzene rings is 1. The van der Waals surface area contributed by atoms with Gasteiger partial charge in [-0.25, -0.2) is 0 Å². The molecule has 98 valence electrons. The van der Waals surface area contributed by atoms with Crippen molar-refractivity contribution in [2.75, 3.05) is 7.11 Å². The van der Waals surface area contributed by atoms with Crippen LogP contribution in [0, 0.1) is 6.92 Å². The van der Waals surface area contributed by atoms with Crippen LogP contribution >= 0.6 is 0 Å². The maximum Gasteiger partial charge on any atom is 0.305 e. The highest BCUT2D eigenvalue weighted by Crippen LogP contribution is 2.29. The van der Waals surface area contributed by atoms with Crippen molar-refractivity contribution in [3.8, 4) is 5.75 Å². The van der Waals surface area contributed by atoms with E-state index in [4.69, 9.17) is 5.73 Å². The summed E-state index contributed by atoms with van der Waals surface area (Å²) in [6.07, 6.45) is 1.10. The molecule has 0 aliphatic rings. The monoisotopic (exact) mass is 251 g/mol. The molecule has 1 aromatic carbocycles. The Balaban J connectivity index is 2.91. The van der Waals surface area contributed by atoms with E-state index < -0.39 is 6.04 Å². The number of esters is 1. The number of aldehydes is 1. The van der Waals surface area contributed by atoms with Crippen LogP contribution in [0.25, 0.3) is 0 Å². The van der Waals surface area contributed by atoms with Crippen LogP contribution in [-0.4, -0.2) is 24.5 Å². The lowest BCUT2D eigenvalue weighted by atomic mass is 9.97. The molecule has 18 heavy (non-hydrogen) atoms. The van der Waals surface area contributed by atoms with Gasteiger partial charge in [-0.3, -0.25) is 9.59 Å². The summed E-state index contributed by atoms with van der Waals surface area (Å²) in [6.45, 7) is 1.81. The first-order valence-electron chi connectivity index (χ1n) is 5.60. The average molecular weight is 251 g/mol. The molecule has 0 amide bonds. The van der Waals surface area contributed by atoms with E-state index in [1.165, 1.54) is 7.11 Å². The SMILES string of the molecule is COC(=O)CC[C@H](N)c1cc(C)cc(C=O)c1O. The predicted molar refractivity (Wildman–Crippen MR) is 66.4 cm³/mol. The van der Waals surface area contributed by atoms with Crippen LogP contribution in [0.3, 0.4) is 0 Å². The van der Waals surface area contributed by atoms with Crippen molar-refractivity contribution in [3.63, 3.8) is 0 Å². The van der Waals surface area contributed by atoms with Crippen molar-refractivity contribution in [3.05, 3.63) is 28.8 Å². The normalized spacial score (nSPS) is 11.9. The third-order valence-electron chi connectivity index (χ3n) is 2.73. The zero-order valence-electron chi connectivity index (χ0n) is 10.5. The third kappa shape index (κ3) is 3.30. The maximum absolute atomic E-state index is 11.0. The fourth-order valence-electron chi connectivity index (χ4n) is 1.74. The molecule has 0 radical (unpaired) electrons. The van der Waals surface area contributed by atoms with E-state index in [0.29, 0.717) is 18.3 Å². The first-order valence-corrected chi connectivity index (χ1v) is 5.60. The maximum atomic E-state index is 11.0. The highest BCUT2D eigenvalue weighted by atomic mass is 16.5. The van der Waals surface area contributed by atoms with Gasteiger partial charge in [0.2, 0.25) is 0 Å². The molecule has 0 fully saturated rings. The van der Waals surface area contributed by atoms with E-state index in [9.17, 15) is 14.7 Å². The molecule has 0 saturated carbocycles. The van der Waals surface area contributed by atoms with E-state index in [1.54, 1.807) is 12.1 Å². The Morgan fingerprint density at radius 2 is 2.22 bits per heavy atom. The van der Waals surface area contributed by atoms with Gasteiger partial charge in [0.15, 0.2) is 6.29 Å². The number of nitrogens with two attached hydrogens (primary N) is 1. The Morgan fingerprint density at radius 3 is 2.78 bits per heavy atom. The summed E-state index contributed by atoms with van der Waals surface area (Å²) >= 11 is 0. The second-order valence-corrected chi connectivity index (χ2v) is 4.13. The molecule has 0 aliphatic heterocycles. The quantitative estimate of drug-likeness (QED) is 0.611. The van der Waals surface area contributed by atoms with Crippen molar-refractivity contribution in [1.29, 1.82) is 0 Å². The molecule has 5 heteroatoms. The summed E-state index contributed by atoms with van der Waals surface area (Å²) in [5.74, 6) is -0.471. The minimum absolute atomic E-state index is 0.118. The number of hydrogen-bond donors (Lipinski definition) is 2. The first kappa shape index (κ1) is 14.2. The first-order chi connectivity index (χ1) is 8.49. The van der Waals surface area contributed by atoms with Crippen LogP contribution in [0.2, 0.25) is 0 Å². The smallest absolute Gasteiger partial charge is 0.305 e. The Hall–Kier alpha value is -1.88. The molecule has 0 bridgehead atoms. The second kappa shape index (κ2) is 6.16. The Bertz CT molecular complexity index is 457. The van der Waals surface area contributed by atoms with Gasteiger partial charge in [-0.2, -0.15) is 0 Å². The zero-order valence-corrected chi connectivity index (χ0v) is 10.5. The number of aromatic hydroxyl groups is 1. The van der Waals surface area contributed by atoms with Crippen molar-refractivity contribution >= 4 is 12.3 Å². The lowest BCUT2D eigenvalue weighted by molar-refractivity contribution is -0.140. The standard InChI is InChI=1S/C13H17NO4/c1-8-5-9(7-15)13(17)10(6-8)11(14)3-4-12(16)18-2/h5-7,11,17H,3-4,14H2,1-2H3/t11-/m0/s1. The van der Waals surface area contributed by atoms with Crippen molar-refractivity contribution in [2.24, 2.45) is 5.73 Å². The highest BCUT2D eigenvalue weighted by molar-refractivity contribution is 5.80. The number of hydrogen-bond acceptors (Lipinski definition) is 5. The van der Waals surface area contributed by atoms with Crippen molar-refractivity contribution in [2.45, 2.75) is 25.8 Å². The minimum Gasteiger partial charge on any atom is -0.507 e. The van der Waals surface area contributed by atoms with Crippen LogP contribution in [0.15, 0.2) is 12.1 Å². The number of carbonyl (C=O) groups excluding carboxylic acids is 2. The predicted octanol–water partition coefficient (Wildman–Crippen LogP) is 1.47. The number of methoxy groups -OCH3 is 1. The van der Waals surface area contributed by atoms with Gasteiger partial charge in [0, 0.05) is 18.0 Å². The number of carbonyl (C=O) groups is 2. The lowest BCUT2D eigenvalue weighted by Gasteiger charge is -2.15. The van der Waals surface area contributed by atoms with Crippen LogP contribution in [-0.2, 0) is 9.53 Å². The molecule has 0 aliphatic carbocycles. The molecule has 0 unspecified atom stereocenters. The second-order valence-electron chi connectivity index (χ2n) is 4.13. The molecule has 0 heterocycles. The molecular formula is C13H17NO4. The molecule has 0 saturated heterocycles. The average Bonchev–Trinajstić information content (AvgIpc) is 2.37. The molecule has 1 rings (SSSR count). The van der Waals surface area contributed by atoms with Crippen molar-refractivity contribution in [1.82, 2.24) is 0 Å². The largest absolute Gasteiger partial charge is 0.507 e. The van der Waals surface area contributed by atoms with E-state index in [-0.39, 0.29) is 23.7 Å². The zero-order chi connectivity index (χ0) is 13.7. The van der Waals surface area contributed by atoms with Crippen LogP contribution in [0.4, 0.5) is 0 Å². The number of aryl methyl sites for hydroxylation is 1. The number of phenols is 1. The van der Waals surface area contributed by atoms with E-state index in [1.807, 2.05) is 6.92 Å². The number of phenolic OH excluding ortho intramolecular Hbond substituents is 1. The summed E-state index contributed by atoms with van der Waals surface area (Å²) in [4.78, 5) is 21.8. The fraction of sp³-hybridized carbons (Fsp3) is 0.385. The van der Waals surface area contributed by atoms with E-state index >= 15 is 0 Å². The van der Waals surface area contributed by atoms with Gasteiger partial charge in [0.1, 0.15) is 5.75 Å². The van der Waals surface area contributed by atoms with Crippen LogP contribution in [0.5, 0.6) is 5.75 Å². The van der Waals surface area contributed by atoms with Gasteiger partial charge >= 0.3 is 5.97 Å². The molecule has 1 atom stereocenters. The Morgan fingerprint density at radius 1 is 1.56 bits per heavy atom. The topological polar surface area (TPSA) is 89.6 Å². The Labute approximate surface area is 106 Å². The van der Waals surface area contributed by atoms with E-state index in [0.717, 1.165) is 5.56 Å². The molecule has 0 spiro atoms. The number of rotatable bonds is 5. The summed E-state index contributed by atoms with van der Waals surface area (Å²) in [7, 11) is 1.31. The fourth-order valence-corrected chi connectivity index (χ4v) is 1.74. The molecule has 5 nitrogen and oxygen atoms in total. The van der Waals surface area contributed by atoms with Gasteiger partial charge in [-0.15, -0.1) is 0 Å². The van der Waals surface area contributed by atoms with E-state index in [2.05, 4.69) is 4.74 Å². The minimum atomic E-state index is -0.511. The summed E-state index contributed by atoms with van der Waals surface area (Å²) < 4.78 is 4.52. The van der Waals surface area contributed by atoms with Gasteiger partial charge in [-0.1, -0.05) is 6.07 Å². The van der Waals surface area contributed by atoms with Crippen LogP contribution in [0.1, 0.15) is 40.4 Å². The Kier molecular flexibility index (Phi) is 4.85. The van der Waals surface area contributed by atoms with Crippen molar-refractivity contribution < 1.29 is 19.4 Å². The molecule has 1 aromatic rings. The third-order valence-corrected chi connectivity index (χ3v) is 2.73. The van der Waals surface area contributed by atoms with Gasteiger partial charge < -0.3 is 15.6 Å². The molecule has 3 N–H and O–H groups in total. The number of ether oxygens (including phenoxy) is 1. The summed E-state index contributed by atoms with van der Waals surface area (Å²) in [5.41, 5.74) is 7.42. The van der Waals surface area contributed by atoms with Crippen LogP contribution < -0.4 is 5.73 Å². The summed E-state index contributed by atoms with van der Waals surface area (Å²) in [5, 5.41) is 9.88. The van der Waals surface area contributed by atoms with Gasteiger partial charge in [-0.05, 0) is 25.0 Å². The summed E-state index contributed by atoms with van der Waals surface area (Å²) in [6, 6.07) is 2.78. The highest BCUT2D eigenvalue weighted by Gasteiger charge is 2.16. The molecular weight excluding hydrogens is 234 g/mol.